The molecule has 118 valence electrons. The van der Waals surface area contributed by atoms with Crippen LogP contribution in [-0.4, -0.2) is 34.2 Å². The molecular formula is C16H21ClN4O. The molecule has 0 radical (unpaired) electrons. The van der Waals surface area contributed by atoms with Crippen molar-refractivity contribution in [1.82, 2.24) is 9.97 Å². The summed E-state index contributed by atoms with van der Waals surface area (Å²) in [7, 11) is 0. The van der Waals surface area contributed by atoms with E-state index in [1.165, 1.54) is 6.07 Å². The Morgan fingerprint density at radius 3 is 2.77 bits per heavy atom. The number of rotatable bonds is 6. The lowest BCUT2D eigenvalue weighted by atomic mass is 10.2. The number of anilines is 1. The molecule has 3 N–H and O–H groups in total. The molecule has 0 amide bonds. The molecule has 0 unspecified atom stereocenters. The second-order valence-electron chi connectivity index (χ2n) is 5.11. The minimum Gasteiger partial charge on any atom is -0.507 e. The van der Waals surface area contributed by atoms with Crippen molar-refractivity contribution in [2.24, 2.45) is 5.73 Å². The Balaban J connectivity index is 2.35. The van der Waals surface area contributed by atoms with Gasteiger partial charge in [-0.25, -0.2) is 9.97 Å². The second kappa shape index (κ2) is 7.42. The highest BCUT2D eigenvalue weighted by Gasteiger charge is 2.13. The number of aromatic nitrogens is 2. The van der Waals surface area contributed by atoms with Gasteiger partial charge in [0, 0.05) is 30.4 Å². The first-order valence-corrected chi connectivity index (χ1v) is 7.75. The Hall–Kier alpha value is -1.85. The summed E-state index contributed by atoms with van der Waals surface area (Å²) in [6.45, 7) is 5.64. The van der Waals surface area contributed by atoms with Gasteiger partial charge in [-0.3, -0.25) is 0 Å². The van der Waals surface area contributed by atoms with E-state index in [0.29, 0.717) is 16.4 Å². The zero-order chi connectivity index (χ0) is 16.1. The van der Waals surface area contributed by atoms with Crippen LogP contribution in [0, 0.1) is 0 Å². The van der Waals surface area contributed by atoms with E-state index in [9.17, 15) is 5.11 Å². The Kier molecular flexibility index (Phi) is 5.57. The van der Waals surface area contributed by atoms with Gasteiger partial charge in [0.1, 0.15) is 11.6 Å². The number of hydrogen-bond acceptors (Lipinski definition) is 5. The molecule has 0 aliphatic heterocycles. The van der Waals surface area contributed by atoms with E-state index in [1.807, 2.05) is 6.07 Å². The van der Waals surface area contributed by atoms with E-state index in [1.54, 1.807) is 18.3 Å². The molecule has 22 heavy (non-hydrogen) atoms. The number of nitrogens with two attached hydrogens (primary N) is 1. The Morgan fingerprint density at radius 2 is 2.09 bits per heavy atom. The lowest BCUT2D eigenvalue weighted by molar-refractivity contribution is 0.477. The molecule has 6 heteroatoms. The first-order chi connectivity index (χ1) is 10.5. The van der Waals surface area contributed by atoms with Crippen LogP contribution in [0.4, 0.5) is 5.82 Å². The lowest BCUT2D eigenvalue weighted by Crippen LogP contribution is -2.37. The molecule has 1 aromatic heterocycles. The van der Waals surface area contributed by atoms with E-state index in [0.717, 1.165) is 25.3 Å². The summed E-state index contributed by atoms with van der Waals surface area (Å²) < 4.78 is 0. The maximum atomic E-state index is 9.99. The van der Waals surface area contributed by atoms with Crippen molar-refractivity contribution in [2.45, 2.75) is 26.3 Å². The maximum Gasteiger partial charge on any atom is 0.165 e. The third kappa shape index (κ3) is 3.87. The molecule has 0 bridgehead atoms. The number of hydrogen-bond donors (Lipinski definition) is 2. The minimum absolute atomic E-state index is 0.0953. The summed E-state index contributed by atoms with van der Waals surface area (Å²) >= 11 is 5.99. The summed E-state index contributed by atoms with van der Waals surface area (Å²) in [4.78, 5) is 10.9. The van der Waals surface area contributed by atoms with Gasteiger partial charge in [-0.05, 0) is 37.6 Å². The fourth-order valence-corrected chi connectivity index (χ4v) is 2.31. The molecule has 1 aromatic carbocycles. The van der Waals surface area contributed by atoms with Crippen LogP contribution in [0.3, 0.4) is 0 Å². The van der Waals surface area contributed by atoms with Crippen molar-refractivity contribution < 1.29 is 5.11 Å². The van der Waals surface area contributed by atoms with Gasteiger partial charge in [0.15, 0.2) is 5.82 Å². The Labute approximate surface area is 135 Å². The zero-order valence-electron chi connectivity index (χ0n) is 12.8. The van der Waals surface area contributed by atoms with Gasteiger partial charge in [0.05, 0.1) is 5.56 Å². The van der Waals surface area contributed by atoms with Crippen LogP contribution in [0.1, 0.15) is 20.3 Å². The number of likely N-dealkylation sites (N-methyl/N-ethyl adjacent to an activating group) is 1. The van der Waals surface area contributed by atoms with Crippen LogP contribution in [0.15, 0.2) is 30.5 Å². The first-order valence-electron chi connectivity index (χ1n) is 7.37. The topological polar surface area (TPSA) is 75.3 Å². The smallest absolute Gasteiger partial charge is 0.165 e. The Morgan fingerprint density at radius 1 is 1.32 bits per heavy atom. The number of halogens is 1. The summed E-state index contributed by atoms with van der Waals surface area (Å²) in [5, 5.41) is 10.5. The van der Waals surface area contributed by atoms with E-state index in [-0.39, 0.29) is 11.8 Å². The molecule has 2 aromatic rings. The highest BCUT2D eigenvalue weighted by Crippen LogP contribution is 2.30. The molecule has 0 aliphatic rings. The highest BCUT2D eigenvalue weighted by molar-refractivity contribution is 6.30. The lowest BCUT2D eigenvalue weighted by Gasteiger charge is -2.25. The fourth-order valence-electron chi connectivity index (χ4n) is 2.14. The van der Waals surface area contributed by atoms with Crippen LogP contribution in [0.5, 0.6) is 5.75 Å². The average molecular weight is 321 g/mol. The molecule has 1 atom stereocenters. The number of phenolic OH excluding ortho intramolecular Hbond substituents is 1. The van der Waals surface area contributed by atoms with Crippen molar-refractivity contribution in [3.63, 3.8) is 0 Å². The van der Waals surface area contributed by atoms with Gasteiger partial charge in [0.2, 0.25) is 0 Å². The zero-order valence-corrected chi connectivity index (χ0v) is 13.6. The number of benzene rings is 1. The van der Waals surface area contributed by atoms with Gasteiger partial charge in [-0.2, -0.15) is 0 Å². The molecular weight excluding hydrogens is 300 g/mol. The van der Waals surface area contributed by atoms with Crippen molar-refractivity contribution in [2.75, 3.05) is 18.0 Å². The van der Waals surface area contributed by atoms with E-state index >= 15 is 0 Å². The number of nitrogens with zero attached hydrogens (tertiary/aromatic N) is 3. The van der Waals surface area contributed by atoms with Gasteiger partial charge < -0.3 is 15.7 Å². The largest absolute Gasteiger partial charge is 0.507 e. The first kappa shape index (κ1) is 16.5. The third-order valence-corrected chi connectivity index (χ3v) is 3.76. The van der Waals surface area contributed by atoms with E-state index < -0.39 is 0 Å². The van der Waals surface area contributed by atoms with Crippen molar-refractivity contribution in [3.05, 3.63) is 35.5 Å². The summed E-state index contributed by atoms with van der Waals surface area (Å²) in [6, 6.07) is 6.76. The predicted molar refractivity (Wildman–Crippen MR) is 90.3 cm³/mol. The maximum absolute atomic E-state index is 9.99. The molecule has 0 aliphatic carbocycles. The molecule has 1 heterocycles. The van der Waals surface area contributed by atoms with Gasteiger partial charge in [-0.15, -0.1) is 0 Å². The van der Waals surface area contributed by atoms with E-state index in [4.69, 9.17) is 17.3 Å². The number of aromatic hydroxyl groups is 1. The molecule has 0 saturated heterocycles. The molecule has 0 spiro atoms. The summed E-state index contributed by atoms with van der Waals surface area (Å²) in [6.07, 6.45) is 2.58. The van der Waals surface area contributed by atoms with Crippen LogP contribution in [0.25, 0.3) is 11.4 Å². The molecule has 0 saturated carbocycles. The van der Waals surface area contributed by atoms with Crippen LogP contribution < -0.4 is 10.6 Å². The summed E-state index contributed by atoms with van der Waals surface area (Å²) in [5.41, 5.74) is 6.56. The number of phenols is 1. The minimum atomic E-state index is 0.0953. The highest BCUT2D eigenvalue weighted by atomic mass is 35.5. The van der Waals surface area contributed by atoms with Gasteiger partial charge in [0.25, 0.3) is 0 Å². The Bertz CT molecular complexity index is 635. The molecule has 0 fully saturated rings. The van der Waals surface area contributed by atoms with Crippen LogP contribution in [-0.2, 0) is 0 Å². The van der Waals surface area contributed by atoms with Crippen molar-refractivity contribution in [3.8, 4) is 17.1 Å². The SMILES string of the molecule is CC[C@H](N)CN(CC)c1ccnc(-c2cc(Cl)ccc2O)n1. The van der Waals surface area contributed by atoms with Gasteiger partial charge in [-0.1, -0.05) is 18.5 Å². The van der Waals surface area contributed by atoms with E-state index in [2.05, 4.69) is 28.7 Å². The van der Waals surface area contributed by atoms with Crippen LogP contribution in [0.2, 0.25) is 5.02 Å². The van der Waals surface area contributed by atoms with Crippen molar-refractivity contribution >= 4 is 17.4 Å². The monoisotopic (exact) mass is 320 g/mol. The van der Waals surface area contributed by atoms with Gasteiger partial charge >= 0.3 is 0 Å². The standard InChI is InChI=1S/C16H21ClN4O/c1-3-12(18)10-21(4-2)15-7-8-19-16(20-15)13-9-11(17)5-6-14(13)22/h5-9,12,22H,3-4,10,18H2,1-2H3/t12-/m0/s1. The second-order valence-corrected chi connectivity index (χ2v) is 5.54. The normalized spacial score (nSPS) is 12.2. The molecule has 5 nitrogen and oxygen atoms in total. The van der Waals surface area contributed by atoms with Crippen molar-refractivity contribution in [1.29, 1.82) is 0 Å². The quantitative estimate of drug-likeness (QED) is 0.855. The fraction of sp³-hybridized carbons (Fsp3) is 0.375. The molecule has 2 rings (SSSR count). The predicted octanol–water partition coefficient (Wildman–Crippen LogP) is 3.07. The summed E-state index contributed by atoms with van der Waals surface area (Å²) in [5.74, 6) is 1.34. The third-order valence-electron chi connectivity index (χ3n) is 3.53. The van der Waals surface area contributed by atoms with Crippen LogP contribution >= 0.6 is 11.6 Å². The average Bonchev–Trinajstić information content (AvgIpc) is 2.54.